The van der Waals surface area contributed by atoms with Crippen LogP contribution >= 0.6 is 15.9 Å². The number of benzene rings is 7. The number of nitrogens with one attached hydrogen (secondary N) is 3. The molecule has 0 aliphatic rings. The summed E-state index contributed by atoms with van der Waals surface area (Å²) in [5, 5.41) is 43.2. The molecule has 0 saturated carbocycles. The van der Waals surface area contributed by atoms with Gasteiger partial charge in [0, 0.05) is 93.5 Å². The quantitative estimate of drug-likeness (QED) is 0.0623. The van der Waals surface area contributed by atoms with Crippen LogP contribution in [-0.4, -0.2) is 48.3 Å². The van der Waals surface area contributed by atoms with Crippen molar-refractivity contribution in [2.75, 3.05) is 0 Å². The van der Waals surface area contributed by atoms with Gasteiger partial charge < -0.3 is 15.0 Å². The Kier molecular flexibility index (Phi) is 19.6. The number of hydrogen-bond acceptors (Lipinski definition) is 11. The van der Waals surface area contributed by atoms with Gasteiger partial charge in [0.05, 0.1) is 72.4 Å². The first-order valence-corrected chi connectivity index (χ1v) is 22.3. The van der Waals surface area contributed by atoms with E-state index in [2.05, 4.69) is 30.9 Å². The maximum absolute atomic E-state index is 13.2. The molecule has 0 aliphatic heterocycles. The Morgan fingerprint density at radius 1 is 0.397 bits per heavy atom. The predicted molar refractivity (Wildman–Crippen MR) is 270 cm³/mol. The number of nitro benzene ring substituents is 4. The number of aromatic nitrogens is 6. The molecular formula is C49H39BrN10O11VW. The smallest absolute Gasteiger partial charge is 0.306 e. The number of hydrogen-bond donors (Lipinski definition) is 3. The number of fused-ring (bicyclic) bond motifs is 3. The first-order valence-electron chi connectivity index (χ1n) is 21.2. The topological polar surface area (TPSA) is 286 Å². The number of nitrogens with zero attached hydrogens (tertiary/aromatic N) is 7. The molecule has 0 aliphatic carbocycles. The third-order valence-electron chi connectivity index (χ3n) is 10.8. The number of rotatable bonds is 11. The van der Waals surface area contributed by atoms with Crippen molar-refractivity contribution in [3.63, 3.8) is 0 Å². The van der Waals surface area contributed by atoms with Gasteiger partial charge >= 0.3 is 17.1 Å². The Morgan fingerprint density at radius 3 is 1.04 bits per heavy atom. The number of imidazole rings is 3. The standard InChI is InChI=1S/C21H16N4O5.C14H11N3O3.C7H6BrNO2.C7H6N2O.V.W/c26-21-22(13-15-5-9-17(10-6-15)24(27)28)19-3-1-2-4-20(19)23(21)14-16-7-11-18(12-8-16)25(29)30;18-14-15-12-3-1-2-4-13(12)16(14)9-10-5-7-11(8-6-10)17(19)20;8-5-6-1-3-7(4-2-6)9(10)11;10-7-8-5-3-1-2-4-6(5)9-7;;/h1-12H,13-14H2;1-8H,9H2,(H,15,18);1-4H,5H2;1-4H,(H2,8,9,10);;. The van der Waals surface area contributed by atoms with Crippen LogP contribution in [0.4, 0.5) is 22.7 Å². The molecule has 369 valence electrons. The van der Waals surface area contributed by atoms with Crippen molar-refractivity contribution in [1.29, 1.82) is 0 Å². The van der Waals surface area contributed by atoms with Crippen LogP contribution in [-0.2, 0) is 64.6 Å². The molecule has 24 heteroatoms. The molecule has 10 aromatic rings. The van der Waals surface area contributed by atoms with Crippen LogP contribution in [0.25, 0.3) is 33.1 Å². The number of H-pyrrole nitrogens is 3. The Labute approximate surface area is 446 Å². The summed E-state index contributed by atoms with van der Waals surface area (Å²) in [6, 6.07) is 47.1. The summed E-state index contributed by atoms with van der Waals surface area (Å²) < 4.78 is 4.83. The van der Waals surface area contributed by atoms with E-state index in [1.807, 2.05) is 72.8 Å². The van der Waals surface area contributed by atoms with E-state index < -0.39 is 19.7 Å². The molecule has 0 unspecified atom stereocenters. The van der Waals surface area contributed by atoms with Gasteiger partial charge in [0.2, 0.25) is 0 Å². The monoisotopic (exact) mass is 1260 g/mol. The molecule has 21 nitrogen and oxygen atoms in total. The molecule has 3 aromatic heterocycles. The van der Waals surface area contributed by atoms with Gasteiger partial charge in [-0.25, -0.2) is 14.4 Å². The number of nitro groups is 4. The van der Waals surface area contributed by atoms with E-state index in [0.29, 0.717) is 6.54 Å². The summed E-state index contributed by atoms with van der Waals surface area (Å²) in [5.74, 6) is 0. The van der Waals surface area contributed by atoms with E-state index >= 15 is 0 Å². The zero-order chi connectivity index (χ0) is 50.6. The average molecular weight is 1260 g/mol. The Morgan fingerprint density at radius 2 is 0.699 bits per heavy atom. The summed E-state index contributed by atoms with van der Waals surface area (Å²) in [7, 11) is 0. The van der Waals surface area contributed by atoms with E-state index in [-0.39, 0.29) is 92.5 Å². The van der Waals surface area contributed by atoms with Crippen molar-refractivity contribution in [3.8, 4) is 0 Å². The molecule has 0 atom stereocenters. The summed E-state index contributed by atoms with van der Waals surface area (Å²) in [4.78, 5) is 84.5. The molecule has 73 heavy (non-hydrogen) atoms. The molecule has 1 radical (unpaired) electrons. The summed E-state index contributed by atoms with van der Waals surface area (Å²) in [5.41, 5.74) is 7.77. The van der Waals surface area contributed by atoms with Crippen LogP contribution in [0.3, 0.4) is 0 Å². The zero-order valence-corrected chi connectivity index (χ0v) is 43.8. The largest absolute Gasteiger partial charge is 0.329 e. The van der Waals surface area contributed by atoms with Crippen molar-refractivity contribution in [3.05, 3.63) is 264 Å². The molecule has 0 bridgehead atoms. The van der Waals surface area contributed by atoms with Crippen LogP contribution in [0.15, 0.2) is 184 Å². The SMILES string of the molecule is O=[N+]([O-])c1ccc(CBr)cc1.O=c1[nH]c2ccccc2[nH]1.O=c1[nH]c2ccccc2n1Cc1ccc([N+](=O)[O-])cc1.O=c1n(Cc2ccc([N+](=O)[O-])cc2)c2ccccc2n1Cc1ccc([N+](=O)[O-])cc1.[V].[W]. The van der Waals surface area contributed by atoms with Crippen LogP contribution in [0.5, 0.6) is 0 Å². The van der Waals surface area contributed by atoms with E-state index in [1.54, 1.807) is 62.2 Å². The molecule has 3 heterocycles. The Bertz CT molecular complexity index is 3570. The van der Waals surface area contributed by atoms with Gasteiger partial charge in [-0.3, -0.25) is 54.2 Å². The minimum absolute atomic E-state index is 0. The first kappa shape index (κ1) is 55.6. The fourth-order valence-electron chi connectivity index (χ4n) is 7.24. The minimum Gasteiger partial charge on any atom is -0.306 e. The third kappa shape index (κ3) is 14.2. The summed E-state index contributed by atoms with van der Waals surface area (Å²) in [6.45, 7) is 0.913. The van der Waals surface area contributed by atoms with Gasteiger partial charge in [0.25, 0.3) is 22.7 Å². The fraction of sp³-hybridized carbons (Fsp3) is 0.0816. The van der Waals surface area contributed by atoms with Crippen molar-refractivity contribution in [2.45, 2.75) is 25.0 Å². The van der Waals surface area contributed by atoms with Crippen molar-refractivity contribution in [2.24, 2.45) is 0 Å². The van der Waals surface area contributed by atoms with Crippen LogP contribution in [0.2, 0.25) is 0 Å². The number of alkyl halides is 1. The maximum Gasteiger partial charge on any atom is 0.329 e. The fourth-order valence-corrected chi connectivity index (χ4v) is 7.62. The van der Waals surface area contributed by atoms with E-state index in [1.165, 1.54) is 48.5 Å². The first-order chi connectivity index (χ1) is 34.2. The van der Waals surface area contributed by atoms with Crippen LogP contribution in [0, 0.1) is 40.5 Å². The summed E-state index contributed by atoms with van der Waals surface area (Å²) >= 11 is 3.25. The normalized spacial score (nSPS) is 10.3. The number of halogens is 1. The molecule has 0 spiro atoms. The predicted octanol–water partition coefficient (Wildman–Crippen LogP) is 9.34. The summed E-state index contributed by atoms with van der Waals surface area (Å²) in [6.07, 6.45) is 0. The van der Waals surface area contributed by atoms with Crippen molar-refractivity contribution < 1.29 is 59.3 Å². The number of aromatic amines is 3. The van der Waals surface area contributed by atoms with Gasteiger partial charge in [-0.15, -0.1) is 0 Å². The van der Waals surface area contributed by atoms with Crippen molar-refractivity contribution >= 4 is 71.8 Å². The second kappa shape index (κ2) is 25.7. The molecular weight excluding hydrogens is 1220 g/mol. The molecule has 3 N–H and O–H groups in total. The average Bonchev–Trinajstić information content (AvgIpc) is 4.01. The van der Waals surface area contributed by atoms with Gasteiger partial charge in [0.15, 0.2) is 0 Å². The Balaban J connectivity index is 0.000000197. The molecule has 10 rings (SSSR count). The van der Waals surface area contributed by atoms with E-state index in [0.717, 1.165) is 60.7 Å². The minimum atomic E-state index is -0.466. The molecule has 0 fully saturated rings. The Hall–Kier alpha value is -8.30. The van der Waals surface area contributed by atoms with Crippen molar-refractivity contribution in [1.82, 2.24) is 28.7 Å². The van der Waals surface area contributed by atoms with Crippen LogP contribution < -0.4 is 17.1 Å². The molecule has 0 saturated heterocycles. The maximum atomic E-state index is 13.2. The zero-order valence-electron chi connectivity index (χ0n) is 37.8. The van der Waals surface area contributed by atoms with E-state index in [4.69, 9.17) is 0 Å². The second-order valence-electron chi connectivity index (χ2n) is 15.4. The number of para-hydroxylation sites is 6. The second-order valence-corrected chi connectivity index (χ2v) is 16.0. The van der Waals surface area contributed by atoms with Gasteiger partial charge in [-0.05, 0) is 58.7 Å². The van der Waals surface area contributed by atoms with Gasteiger partial charge in [-0.1, -0.05) is 101 Å². The number of non-ortho nitro benzene ring substituents is 4. The van der Waals surface area contributed by atoms with Gasteiger partial charge in [-0.2, -0.15) is 0 Å². The van der Waals surface area contributed by atoms with Gasteiger partial charge in [0.1, 0.15) is 0 Å². The van der Waals surface area contributed by atoms with E-state index in [9.17, 15) is 54.8 Å². The van der Waals surface area contributed by atoms with Crippen LogP contribution in [0.1, 0.15) is 22.3 Å². The molecule has 7 aromatic carbocycles. The third-order valence-corrected chi connectivity index (χ3v) is 11.4. The molecule has 0 amide bonds.